The molecular weight excluding hydrogens is 110 g/mol. The van der Waals surface area contributed by atoms with Crippen LogP contribution in [0, 0.1) is 5.92 Å². The minimum absolute atomic E-state index is 0.888. The maximum Gasteiger partial charge on any atom is 0.00727 e. The molecule has 0 saturated carbocycles. The smallest absolute Gasteiger partial charge is 0.00727 e. The van der Waals surface area contributed by atoms with E-state index in [-0.39, 0.29) is 0 Å². The van der Waals surface area contributed by atoms with Crippen molar-refractivity contribution in [3.05, 3.63) is 0 Å². The Bertz CT molecular complexity index is 99.1. The highest BCUT2D eigenvalue weighted by Gasteiger charge is 2.30. The lowest BCUT2D eigenvalue weighted by Gasteiger charge is -2.25. The van der Waals surface area contributed by atoms with Crippen molar-refractivity contribution >= 4 is 0 Å². The van der Waals surface area contributed by atoms with Crippen molar-refractivity contribution in [2.45, 2.75) is 44.7 Å². The van der Waals surface area contributed by atoms with Crippen molar-refractivity contribution in [2.24, 2.45) is 5.92 Å². The van der Waals surface area contributed by atoms with E-state index in [0.29, 0.717) is 0 Å². The van der Waals surface area contributed by atoms with E-state index in [1.807, 2.05) is 0 Å². The molecule has 2 aliphatic rings. The average Bonchev–Trinajstić information content (AvgIpc) is 2.11. The molecule has 2 fully saturated rings. The van der Waals surface area contributed by atoms with Crippen molar-refractivity contribution < 1.29 is 0 Å². The van der Waals surface area contributed by atoms with E-state index in [1.54, 1.807) is 0 Å². The van der Waals surface area contributed by atoms with E-state index >= 15 is 0 Å². The van der Waals surface area contributed by atoms with Crippen molar-refractivity contribution in [3.63, 3.8) is 0 Å². The maximum absolute atomic E-state index is 3.62. The number of nitrogens with one attached hydrogen (secondary N) is 1. The van der Waals surface area contributed by atoms with Gasteiger partial charge in [-0.1, -0.05) is 6.92 Å². The Hall–Kier alpha value is -0.0400. The third-order valence-corrected chi connectivity index (χ3v) is 2.71. The van der Waals surface area contributed by atoms with E-state index in [4.69, 9.17) is 0 Å². The molecular formula is C8H15N. The lowest BCUT2D eigenvalue weighted by molar-refractivity contribution is 0.319. The number of rotatable bonds is 0. The molecule has 0 aromatic heterocycles. The summed E-state index contributed by atoms with van der Waals surface area (Å²) < 4.78 is 0. The molecule has 0 aliphatic carbocycles. The van der Waals surface area contributed by atoms with E-state index in [1.165, 1.54) is 25.7 Å². The monoisotopic (exact) mass is 125 g/mol. The Balaban J connectivity index is 2.03. The molecule has 0 spiro atoms. The Morgan fingerprint density at radius 2 is 1.67 bits per heavy atom. The Morgan fingerprint density at radius 1 is 1.11 bits per heavy atom. The molecule has 0 aromatic rings. The van der Waals surface area contributed by atoms with E-state index in [2.05, 4.69) is 12.2 Å². The molecule has 0 amide bonds. The van der Waals surface area contributed by atoms with Gasteiger partial charge in [0.1, 0.15) is 0 Å². The fraction of sp³-hybridized carbons (Fsp3) is 1.00. The second-order valence-electron chi connectivity index (χ2n) is 3.71. The van der Waals surface area contributed by atoms with Crippen LogP contribution in [0.15, 0.2) is 0 Å². The van der Waals surface area contributed by atoms with Crippen LogP contribution in [0.4, 0.5) is 0 Å². The molecule has 2 bridgehead atoms. The van der Waals surface area contributed by atoms with Crippen LogP contribution < -0.4 is 5.32 Å². The van der Waals surface area contributed by atoms with Crippen LogP contribution >= 0.6 is 0 Å². The van der Waals surface area contributed by atoms with Gasteiger partial charge in [0.25, 0.3) is 0 Å². The predicted octanol–water partition coefficient (Wildman–Crippen LogP) is 1.54. The SMILES string of the molecule is CC1CC2CCC(C1)N2. The third-order valence-electron chi connectivity index (χ3n) is 2.71. The average molecular weight is 125 g/mol. The third kappa shape index (κ3) is 0.983. The van der Waals surface area contributed by atoms with Crippen molar-refractivity contribution in [1.82, 2.24) is 5.32 Å². The van der Waals surface area contributed by atoms with Gasteiger partial charge in [0.2, 0.25) is 0 Å². The number of hydrogen-bond donors (Lipinski definition) is 1. The summed E-state index contributed by atoms with van der Waals surface area (Å²) in [7, 11) is 0. The first-order chi connectivity index (χ1) is 4.34. The minimum Gasteiger partial charge on any atom is -0.311 e. The maximum atomic E-state index is 3.62. The highest BCUT2D eigenvalue weighted by Crippen LogP contribution is 2.29. The van der Waals surface area contributed by atoms with Gasteiger partial charge in [0, 0.05) is 12.1 Å². The van der Waals surface area contributed by atoms with Gasteiger partial charge in [0.15, 0.2) is 0 Å². The molecule has 2 rings (SSSR count). The summed E-state index contributed by atoms with van der Waals surface area (Å²) in [5.74, 6) is 0.990. The van der Waals surface area contributed by atoms with Crippen LogP contribution in [0.1, 0.15) is 32.6 Å². The first-order valence-electron chi connectivity index (χ1n) is 4.10. The van der Waals surface area contributed by atoms with E-state index < -0.39 is 0 Å². The zero-order valence-corrected chi connectivity index (χ0v) is 6.06. The molecule has 9 heavy (non-hydrogen) atoms. The predicted molar refractivity (Wildman–Crippen MR) is 38.3 cm³/mol. The molecule has 0 radical (unpaired) electrons. The second kappa shape index (κ2) is 1.98. The summed E-state index contributed by atoms with van der Waals surface area (Å²) in [4.78, 5) is 0. The summed E-state index contributed by atoms with van der Waals surface area (Å²) in [6.45, 7) is 2.38. The molecule has 1 N–H and O–H groups in total. The zero-order chi connectivity index (χ0) is 6.27. The van der Waals surface area contributed by atoms with Gasteiger partial charge >= 0.3 is 0 Å². The van der Waals surface area contributed by atoms with E-state index in [9.17, 15) is 0 Å². The fourth-order valence-corrected chi connectivity index (χ4v) is 2.34. The number of hydrogen-bond acceptors (Lipinski definition) is 1. The summed E-state index contributed by atoms with van der Waals surface area (Å²) in [6.07, 6.45) is 5.73. The van der Waals surface area contributed by atoms with Gasteiger partial charge < -0.3 is 5.32 Å². The summed E-state index contributed by atoms with van der Waals surface area (Å²) in [6, 6.07) is 1.78. The Labute approximate surface area is 56.8 Å². The van der Waals surface area contributed by atoms with Gasteiger partial charge in [-0.3, -0.25) is 0 Å². The van der Waals surface area contributed by atoms with Crippen molar-refractivity contribution in [2.75, 3.05) is 0 Å². The van der Waals surface area contributed by atoms with Crippen LogP contribution in [-0.2, 0) is 0 Å². The minimum atomic E-state index is 0.888. The highest BCUT2D eigenvalue weighted by atomic mass is 15.0. The van der Waals surface area contributed by atoms with Gasteiger partial charge in [0.05, 0.1) is 0 Å². The Kier molecular flexibility index (Phi) is 1.26. The largest absolute Gasteiger partial charge is 0.311 e. The van der Waals surface area contributed by atoms with E-state index in [0.717, 1.165) is 18.0 Å². The van der Waals surface area contributed by atoms with Crippen molar-refractivity contribution in [1.29, 1.82) is 0 Å². The normalized spacial score (nSPS) is 49.7. The molecule has 1 nitrogen and oxygen atoms in total. The van der Waals surface area contributed by atoms with Gasteiger partial charge in [-0.25, -0.2) is 0 Å². The molecule has 0 aromatic carbocycles. The van der Waals surface area contributed by atoms with Crippen LogP contribution in [0.3, 0.4) is 0 Å². The van der Waals surface area contributed by atoms with Gasteiger partial charge in [-0.2, -0.15) is 0 Å². The topological polar surface area (TPSA) is 12.0 Å². The van der Waals surface area contributed by atoms with Crippen molar-refractivity contribution in [3.8, 4) is 0 Å². The molecule has 52 valence electrons. The van der Waals surface area contributed by atoms with Crippen LogP contribution in [-0.4, -0.2) is 12.1 Å². The zero-order valence-electron chi connectivity index (χ0n) is 6.06. The molecule has 2 saturated heterocycles. The van der Waals surface area contributed by atoms with Gasteiger partial charge in [-0.15, -0.1) is 0 Å². The summed E-state index contributed by atoms with van der Waals surface area (Å²) >= 11 is 0. The number of fused-ring (bicyclic) bond motifs is 2. The molecule has 1 heteroatoms. The Morgan fingerprint density at radius 3 is 2.22 bits per heavy atom. The summed E-state index contributed by atoms with van der Waals surface area (Å²) in [5, 5.41) is 3.62. The standard InChI is InChI=1S/C8H15N/c1-6-4-7-2-3-8(5-6)9-7/h6-9H,2-5H2,1H3. The lowest BCUT2D eigenvalue weighted by atomic mass is 9.95. The van der Waals surface area contributed by atoms with Gasteiger partial charge in [-0.05, 0) is 31.6 Å². The van der Waals surface area contributed by atoms with Crippen LogP contribution in [0.5, 0.6) is 0 Å². The first-order valence-corrected chi connectivity index (χ1v) is 4.10. The second-order valence-corrected chi connectivity index (χ2v) is 3.71. The lowest BCUT2D eigenvalue weighted by Crippen LogP contribution is -2.37. The number of piperidine rings is 1. The van der Waals surface area contributed by atoms with Crippen LogP contribution in [0.25, 0.3) is 0 Å². The molecule has 2 heterocycles. The molecule has 2 aliphatic heterocycles. The molecule has 2 unspecified atom stereocenters. The van der Waals surface area contributed by atoms with Crippen LogP contribution in [0.2, 0.25) is 0 Å². The quantitative estimate of drug-likeness (QED) is 0.518. The fourth-order valence-electron chi connectivity index (χ4n) is 2.34. The highest BCUT2D eigenvalue weighted by molar-refractivity contribution is 4.90. The molecule has 2 atom stereocenters. The first kappa shape index (κ1) is 5.72. The summed E-state index contributed by atoms with van der Waals surface area (Å²) in [5.41, 5.74) is 0.